The molecule has 2 aromatic rings. The summed E-state index contributed by atoms with van der Waals surface area (Å²) < 4.78 is 23.1. The summed E-state index contributed by atoms with van der Waals surface area (Å²) in [7, 11) is 0.132. The van der Waals surface area contributed by atoms with E-state index in [1.165, 1.54) is 10.9 Å². The lowest BCUT2D eigenvalue weighted by Gasteiger charge is -2.07. The number of hydrogen-bond acceptors (Lipinski definition) is 6. The molecule has 0 bridgehead atoms. The number of sulfone groups is 1. The van der Waals surface area contributed by atoms with E-state index in [1.807, 2.05) is 0 Å². The van der Waals surface area contributed by atoms with Crippen molar-refractivity contribution in [3.63, 3.8) is 0 Å². The highest BCUT2D eigenvalue weighted by molar-refractivity contribution is 7.90. The molecular formula is C10H13N5O2S. The molecule has 96 valence electrons. The number of aryl methyl sites for hydroxylation is 1. The van der Waals surface area contributed by atoms with Crippen molar-refractivity contribution in [2.75, 3.05) is 18.6 Å². The van der Waals surface area contributed by atoms with Crippen molar-refractivity contribution in [1.82, 2.24) is 20.2 Å². The molecule has 0 aliphatic rings. The van der Waals surface area contributed by atoms with Crippen molar-refractivity contribution >= 4 is 15.5 Å². The Morgan fingerprint density at radius 3 is 2.56 bits per heavy atom. The average molecular weight is 267 g/mol. The minimum absolute atomic E-state index is 0.226. The molecule has 0 aliphatic carbocycles. The fourth-order valence-electron chi connectivity index (χ4n) is 1.55. The van der Waals surface area contributed by atoms with E-state index in [9.17, 15) is 8.42 Å². The van der Waals surface area contributed by atoms with Gasteiger partial charge >= 0.3 is 0 Å². The molecule has 1 heterocycles. The molecule has 0 aliphatic heterocycles. The van der Waals surface area contributed by atoms with Gasteiger partial charge in [-0.25, -0.2) is 8.42 Å². The van der Waals surface area contributed by atoms with E-state index < -0.39 is 9.84 Å². The number of nitrogens with zero attached hydrogens (tertiary/aromatic N) is 4. The normalized spacial score (nSPS) is 11.5. The van der Waals surface area contributed by atoms with Crippen LogP contribution in [0.15, 0.2) is 23.1 Å². The molecular weight excluding hydrogens is 254 g/mol. The Morgan fingerprint density at radius 1 is 1.33 bits per heavy atom. The Bertz CT molecular complexity index is 677. The molecule has 0 unspecified atom stereocenters. The fourth-order valence-corrected chi connectivity index (χ4v) is 2.20. The van der Waals surface area contributed by atoms with E-state index in [2.05, 4.69) is 20.7 Å². The van der Waals surface area contributed by atoms with E-state index in [0.717, 1.165) is 11.9 Å². The van der Waals surface area contributed by atoms with Crippen molar-refractivity contribution < 1.29 is 8.42 Å². The Labute approximate surface area is 105 Å². The van der Waals surface area contributed by atoms with Crippen LogP contribution in [0.2, 0.25) is 0 Å². The summed E-state index contributed by atoms with van der Waals surface area (Å²) in [5.41, 5.74) is 1.35. The maximum atomic E-state index is 11.5. The molecule has 0 amide bonds. The highest BCUT2D eigenvalue weighted by atomic mass is 32.2. The third-order valence-corrected chi connectivity index (χ3v) is 3.55. The Balaban J connectivity index is 2.63. The predicted octanol–water partition coefficient (Wildman–Crippen LogP) is 0.322. The summed E-state index contributed by atoms with van der Waals surface area (Å²) >= 11 is 0. The first kappa shape index (κ1) is 12.5. The van der Waals surface area contributed by atoms with Crippen molar-refractivity contribution in [1.29, 1.82) is 0 Å². The number of hydrogen-bond donors (Lipinski definition) is 1. The molecule has 0 atom stereocenters. The number of nitrogens with one attached hydrogen (secondary N) is 1. The molecule has 0 radical (unpaired) electrons. The second-order valence-electron chi connectivity index (χ2n) is 3.83. The highest BCUT2D eigenvalue weighted by Gasteiger charge is 2.14. The third kappa shape index (κ3) is 2.33. The van der Waals surface area contributed by atoms with E-state index in [4.69, 9.17) is 0 Å². The molecule has 1 N–H and O–H groups in total. The van der Waals surface area contributed by atoms with Gasteiger partial charge in [0.25, 0.3) is 0 Å². The zero-order valence-corrected chi connectivity index (χ0v) is 11.1. The van der Waals surface area contributed by atoms with Gasteiger partial charge in [-0.2, -0.15) is 4.80 Å². The first-order valence-corrected chi connectivity index (χ1v) is 7.07. The van der Waals surface area contributed by atoms with Gasteiger partial charge in [-0.15, -0.1) is 10.2 Å². The number of tetrazole rings is 1. The molecule has 1 aromatic heterocycles. The van der Waals surface area contributed by atoms with E-state index in [0.29, 0.717) is 11.4 Å². The maximum absolute atomic E-state index is 11.5. The van der Waals surface area contributed by atoms with Gasteiger partial charge in [-0.3, -0.25) is 0 Å². The van der Waals surface area contributed by atoms with Crippen LogP contribution in [0.5, 0.6) is 0 Å². The Morgan fingerprint density at radius 2 is 2.06 bits per heavy atom. The fraction of sp³-hybridized carbons (Fsp3) is 0.300. The average Bonchev–Trinajstić information content (AvgIpc) is 2.73. The van der Waals surface area contributed by atoms with Crippen LogP contribution in [-0.4, -0.2) is 41.9 Å². The lowest BCUT2D eigenvalue weighted by Crippen LogP contribution is -2.00. The standard InChI is InChI=1S/C10H13N5O2S/c1-11-9-5-4-7(18(3,16)17)6-8(9)10-12-14-15(2)13-10/h4-6,11H,1-3H3. The van der Waals surface area contributed by atoms with Crippen molar-refractivity contribution in [2.45, 2.75) is 4.90 Å². The van der Waals surface area contributed by atoms with Crippen LogP contribution >= 0.6 is 0 Å². The zero-order chi connectivity index (χ0) is 13.3. The first-order chi connectivity index (χ1) is 8.41. The van der Waals surface area contributed by atoms with Crippen molar-refractivity contribution in [3.8, 4) is 11.4 Å². The van der Waals surface area contributed by atoms with Gasteiger partial charge in [0, 0.05) is 24.6 Å². The van der Waals surface area contributed by atoms with Crippen molar-refractivity contribution in [3.05, 3.63) is 18.2 Å². The number of aromatic nitrogens is 4. The van der Waals surface area contributed by atoms with Crippen LogP contribution in [-0.2, 0) is 16.9 Å². The van der Waals surface area contributed by atoms with Crippen LogP contribution in [0.1, 0.15) is 0 Å². The lowest BCUT2D eigenvalue weighted by atomic mass is 10.1. The summed E-state index contributed by atoms with van der Waals surface area (Å²) in [5.74, 6) is 0.382. The molecule has 0 saturated heterocycles. The maximum Gasteiger partial charge on any atom is 0.207 e. The zero-order valence-electron chi connectivity index (χ0n) is 10.2. The molecule has 1 aromatic carbocycles. The molecule has 0 spiro atoms. The second kappa shape index (κ2) is 4.37. The van der Waals surface area contributed by atoms with Crippen LogP contribution < -0.4 is 5.32 Å². The van der Waals surface area contributed by atoms with E-state index >= 15 is 0 Å². The smallest absolute Gasteiger partial charge is 0.207 e. The lowest BCUT2D eigenvalue weighted by molar-refractivity contribution is 0.602. The van der Waals surface area contributed by atoms with Crippen LogP contribution in [0.3, 0.4) is 0 Å². The summed E-state index contributed by atoms with van der Waals surface area (Å²) in [4.78, 5) is 1.55. The number of anilines is 1. The number of benzene rings is 1. The van der Waals surface area contributed by atoms with Gasteiger partial charge in [0.2, 0.25) is 5.82 Å². The Hall–Kier alpha value is -1.96. The van der Waals surface area contributed by atoms with E-state index in [1.54, 1.807) is 26.2 Å². The van der Waals surface area contributed by atoms with Crippen LogP contribution in [0.4, 0.5) is 5.69 Å². The summed E-state index contributed by atoms with van der Waals surface area (Å²) in [6.07, 6.45) is 1.16. The van der Waals surface area contributed by atoms with Crippen LogP contribution in [0.25, 0.3) is 11.4 Å². The van der Waals surface area contributed by atoms with Gasteiger partial charge in [0.05, 0.1) is 11.9 Å². The minimum atomic E-state index is -3.26. The van der Waals surface area contributed by atoms with Gasteiger partial charge in [-0.1, -0.05) is 0 Å². The monoisotopic (exact) mass is 267 g/mol. The quantitative estimate of drug-likeness (QED) is 0.861. The van der Waals surface area contributed by atoms with Gasteiger partial charge < -0.3 is 5.32 Å². The molecule has 8 heteroatoms. The molecule has 0 saturated carbocycles. The second-order valence-corrected chi connectivity index (χ2v) is 5.85. The largest absolute Gasteiger partial charge is 0.388 e. The summed E-state index contributed by atoms with van der Waals surface area (Å²) in [5, 5.41) is 14.7. The van der Waals surface area contributed by atoms with Gasteiger partial charge in [-0.05, 0) is 23.4 Å². The SMILES string of the molecule is CNc1ccc(S(C)(=O)=O)cc1-c1nnn(C)n1. The molecule has 18 heavy (non-hydrogen) atoms. The third-order valence-electron chi connectivity index (χ3n) is 2.44. The number of rotatable bonds is 3. The van der Waals surface area contributed by atoms with Gasteiger partial charge in [0.15, 0.2) is 9.84 Å². The molecule has 7 nitrogen and oxygen atoms in total. The van der Waals surface area contributed by atoms with Crippen LogP contribution in [0, 0.1) is 0 Å². The topological polar surface area (TPSA) is 89.8 Å². The molecule has 0 fully saturated rings. The summed E-state index contributed by atoms with van der Waals surface area (Å²) in [6, 6.07) is 4.77. The Kier molecular flexibility index (Phi) is 3.04. The van der Waals surface area contributed by atoms with Crippen molar-refractivity contribution in [2.24, 2.45) is 7.05 Å². The first-order valence-electron chi connectivity index (χ1n) is 5.18. The van der Waals surface area contributed by atoms with E-state index in [-0.39, 0.29) is 4.90 Å². The predicted molar refractivity (Wildman–Crippen MR) is 66.9 cm³/mol. The molecule has 2 rings (SSSR count). The summed E-state index contributed by atoms with van der Waals surface area (Å²) in [6.45, 7) is 0. The minimum Gasteiger partial charge on any atom is -0.388 e. The highest BCUT2D eigenvalue weighted by Crippen LogP contribution is 2.27. The van der Waals surface area contributed by atoms with Gasteiger partial charge in [0.1, 0.15) is 0 Å².